The quantitative estimate of drug-likeness (QED) is 0.663. The number of carbonyl (C=O) groups excluding carboxylic acids is 2. The van der Waals surface area contributed by atoms with Gasteiger partial charge in [0, 0.05) is 6.42 Å². The number of hydrogen-bond donors (Lipinski definition) is 0. The number of ether oxygens (including phenoxy) is 1. The predicted molar refractivity (Wildman–Crippen MR) is 65.7 cm³/mol. The molecule has 98 valence electrons. The normalized spacial score (nSPS) is 18.0. The highest BCUT2D eigenvalue weighted by Gasteiger charge is 2.18. The molecular formula is C13H23NO3. The highest BCUT2D eigenvalue weighted by Crippen LogP contribution is 2.15. The van der Waals surface area contributed by atoms with Crippen molar-refractivity contribution in [2.45, 2.75) is 39.5 Å². The lowest BCUT2D eigenvalue weighted by Crippen LogP contribution is -2.36. The molecular weight excluding hydrogens is 218 g/mol. The van der Waals surface area contributed by atoms with Crippen molar-refractivity contribution in [2.24, 2.45) is 5.92 Å². The van der Waals surface area contributed by atoms with Crippen LogP contribution in [0.4, 0.5) is 0 Å². The lowest BCUT2D eigenvalue weighted by Gasteiger charge is -2.29. The van der Waals surface area contributed by atoms with Gasteiger partial charge in [0.25, 0.3) is 0 Å². The third kappa shape index (κ3) is 5.82. The van der Waals surface area contributed by atoms with Crippen LogP contribution in [0.25, 0.3) is 0 Å². The zero-order valence-electron chi connectivity index (χ0n) is 10.9. The molecule has 1 saturated heterocycles. The van der Waals surface area contributed by atoms with Crippen molar-refractivity contribution < 1.29 is 14.3 Å². The summed E-state index contributed by atoms with van der Waals surface area (Å²) >= 11 is 0. The van der Waals surface area contributed by atoms with Crippen molar-refractivity contribution in [1.29, 1.82) is 0 Å². The molecule has 0 aliphatic carbocycles. The summed E-state index contributed by atoms with van der Waals surface area (Å²) in [4.78, 5) is 24.9. The average Bonchev–Trinajstić information content (AvgIpc) is 2.30. The maximum atomic E-state index is 11.7. The minimum absolute atomic E-state index is 0.146. The highest BCUT2D eigenvalue weighted by atomic mass is 16.5. The van der Waals surface area contributed by atoms with Crippen LogP contribution in [0.3, 0.4) is 0 Å². The molecule has 1 fully saturated rings. The van der Waals surface area contributed by atoms with Crippen LogP contribution in [0.5, 0.6) is 0 Å². The molecule has 1 aliphatic rings. The number of rotatable bonds is 6. The van der Waals surface area contributed by atoms with Crippen molar-refractivity contribution in [2.75, 3.05) is 26.2 Å². The zero-order valence-corrected chi connectivity index (χ0v) is 10.9. The number of piperidine rings is 1. The molecule has 17 heavy (non-hydrogen) atoms. The molecule has 0 amide bonds. The predicted octanol–water partition coefficient (Wildman–Crippen LogP) is 1.63. The highest BCUT2D eigenvalue weighted by molar-refractivity contribution is 5.84. The third-order valence-corrected chi connectivity index (χ3v) is 3.19. The number of likely N-dealkylation sites (tertiary alicyclic amines) is 1. The van der Waals surface area contributed by atoms with Gasteiger partial charge in [-0.05, 0) is 38.8 Å². The molecule has 1 heterocycles. The minimum Gasteiger partial charge on any atom is -0.466 e. The maximum absolute atomic E-state index is 11.7. The van der Waals surface area contributed by atoms with Crippen molar-refractivity contribution in [3.8, 4) is 0 Å². The van der Waals surface area contributed by atoms with Crippen LogP contribution in [0, 0.1) is 5.92 Å². The molecule has 0 aromatic carbocycles. The van der Waals surface area contributed by atoms with E-state index in [-0.39, 0.29) is 18.2 Å². The van der Waals surface area contributed by atoms with Gasteiger partial charge in [-0.3, -0.25) is 14.5 Å². The van der Waals surface area contributed by atoms with Crippen LogP contribution in [-0.4, -0.2) is 42.9 Å². The Labute approximate surface area is 103 Å². The first kappa shape index (κ1) is 14.2. The lowest BCUT2D eigenvalue weighted by atomic mass is 9.99. The Morgan fingerprint density at radius 1 is 1.24 bits per heavy atom. The van der Waals surface area contributed by atoms with Crippen molar-refractivity contribution in [3.63, 3.8) is 0 Å². The first-order valence-electron chi connectivity index (χ1n) is 6.51. The van der Waals surface area contributed by atoms with E-state index in [4.69, 9.17) is 4.74 Å². The summed E-state index contributed by atoms with van der Waals surface area (Å²) < 4.78 is 4.79. The van der Waals surface area contributed by atoms with Crippen LogP contribution >= 0.6 is 0 Å². The Balaban J connectivity index is 2.14. The van der Waals surface area contributed by atoms with Crippen LogP contribution in [0.1, 0.15) is 39.5 Å². The molecule has 4 nitrogen and oxygen atoms in total. The van der Waals surface area contributed by atoms with Crippen molar-refractivity contribution in [1.82, 2.24) is 4.90 Å². The first-order valence-corrected chi connectivity index (χ1v) is 6.51. The molecule has 0 bridgehead atoms. The third-order valence-electron chi connectivity index (χ3n) is 3.19. The van der Waals surface area contributed by atoms with Crippen LogP contribution in [-0.2, 0) is 14.3 Å². The minimum atomic E-state index is -0.270. The van der Waals surface area contributed by atoms with Gasteiger partial charge in [-0.2, -0.15) is 0 Å². The van der Waals surface area contributed by atoms with Gasteiger partial charge in [0.15, 0.2) is 0 Å². The summed E-state index contributed by atoms with van der Waals surface area (Å²) in [6.45, 7) is 6.91. The molecule has 1 aliphatic heterocycles. The Kier molecular flexibility index (Phi) is 6.19. The average molecular weight is 241 g/mol. The van der Waals surface area contributed by atoms with Crippen LogP contribution < -0.4 is 0 Å². The Hall–Kier alpha value is -0.900. The van der Waals surface area contributed by atoms with E-state index < -0.39 is 0 Å². The summed E-state index contributed by atoms with van der Waals surface area (Å²) in [6, 6.07) is 0. The molecule has 0 radical (unpaired) electrons. The summed E-state index contributed by atoms with van der Waals surface area (Å²) in [6.07, 6.45) is 2.87. The van der Waals surface area contributed by atoms with E-state index in [0.29, 0.717) is 19.6 Å². The molecule has 0 atom stereocenters. The fourth-order valence-corrected chi connectivity index (χ4v) is 2.02. The largest absolute Gasteiger partial charge is 0.466 e. The summed E-state index contributed by atoms with van der Waals surface area (Å²) in [5, 5.41) is 0. The molecule has 0 saturated carbocycles. The van der Waals surface area contributed by atoms with Gasteiger partial charge in [-0.15, -0.1) is 0 Å². The standard InChI is InChI=1S/C13H23NO3/c1-3-17-13(16)5-4-12(15)10-14-8-6-11(2)7-9-14/h11H,3-10H2,1-2H3. The van der Waals surface area contributed by atoms with Gasteiger partial charge in [0.1, 0.15) is 5.78 Å². The van der Waals surface area contributed by atoms with Crippen LogP contribution in [0.2, 0.25) is 0 Å². The summed E-state index contributed by atoms with van der Waals surface area (Å²) in [5.74, 6) is 0.654. The number of hydrogen-bond acceptors (Lipinski definition) is 4. The van der Waals surface area contributed by atoms with E-state index in [1.165, 1.54) is 12.8 Å². The van der Waals surface area contributed by atoms with Gasteiger partial charge < -0.3 is 4.74 Å². The molecule has 0 aromatic rings. The molecule has 0 unspecified atom stereocenters. The van der Waals surface area contributed by atoms with Crippen molar-refractivity contribution >= 4 is 11.8 Å². The first-order chi connectivity index (χ1) is 8.11. The summed E-state index contributed by atoms with van der Waals surface area (Å²) in [7, 11) is 0. The second kappa shape index (κ2) is 7.43. The topological polar surface area (TPSA) is 46.6 Å². The SMILES string of the molecule is CCOC(=O)CCC(=O)CN1CCC(C)CC1. The molecule has 0 N–H and O–H groups in total. The van der Waals surface area contributed by atoms with Gasteiger partial charge in [0.05, 0.1) is 19.6 Å². The van der Waals surface area contributed by atoms with E-state index in [9.17, 15) is 9.59 Å². The van der Waals surface area contributed by atoms with E-state index in [0.717, 1.165) is 19.0 Å². The molecule has 1 rings (SSSR count). The molecule has 0 spiro atoms. The van der Waals surface area contributed by atoms with Gasteiger partial charge in [-0.25, -0.2) is 0 Å². The van der Waals surface area contributed by atoms with Gasteiger partial charge in [-0.1, -0.05) is 6.92 Å². The smallest absolute Gasteiger partial charge is 0.306 e. The molecule has 4 heteroatoms. The maximum Gasteiger partial charge on any atom is 0.306 e. The van der Waals surface area contributed by atoms with Crippen molar-refractivity contribution in [3.05, 3.63) is 0 Å². The number of nitrogens with zero attached hydrogens (tertiary/aromatic N) is 1. The van der Waals surface area contributed by atoms with Crippen LogP contribution in [0.15, 0.2) is 0 Å². The van der Waals surface area contributed by atoms with E-state index >= 15 is 0 Å². The Morgan fingerprint density at radius 3 is 2.47 bits per heavy atom. The van der Waals surface area contributed by atoms with E-state index in [1.54, 1.807) is 6.92 Å². The summed E-state index contributed by atoms with van der Waals surface area (Å²) in [5.41, 5.74) is 0. The fraction of sp³-hybridized carbons (Fsp3) is 0.846. The monoisotopic (exact) mass is 241 g/mol. The van der Waals surface area contributed by atoms with E-state index in [1.807, 2.05) is 0 Å². The van der Waals surface area contributed by atoms with E-state index in [2.05, 4.69) is 11.8 Å². The fourth-order valence-electron chi connectivity index (χ4n) is 2.02. The number of ketones is 1. The number of carbonyl (C=O) groups is 2. The lowest BCUT2D eigenvalue weighted by molar-refractivity contribution is -0.144. The Bertz CT molecular complexity index is 257. The molecule has 0 aromatic heterocycles. The number of esters is 1. The number of Topliss-reactive ketones (excluding diaryl/α,β-unsaturated/α-hetero) is 1. The zero-order chi connectivity index (χ0) is 12.7. The second-order valence-electron chi connectivity index (χ2n) is 4.80. The Morgan fingerprint density at radius 2 is 1.88 bits per heavy atom. The second-order valence-corrected chi connectivity index (χ2v) is 4.80. The van der Waals surface area contributed by atoms with Gasteiger partial charge >= 0.3 is 5.97 Å². The van der Waals surface area contributed by atoms with Gasteiger partial charge in [0.2, 0.25) is 0 Å².